The second-order valence-corrected chi connectivity index (χ2v) is 7.59. The van der Waals surface area contributed by atoms with E-state index in [1.807, 2.05) is 0 Å². The number of halogens is 6. The van der Waals surface area contributed by atoms with E-state index in [9.17, 15) is 35.9 Å². The van der Waals surface area contributed by atoms with Crippen LogP contribution < -0.4 is 16.2 Å². The lowest BCUT2D eigenvalue weighted by Crippen LogP contribution is -2.50. The van der Waals surface area contributed by atoms with Crippen molar-refractivity contribution in [2.45, 2.75) is 31.7 Å². The number of nitrogens with zero attached hydrogens (tertiary/aromatic N) is 3. The van der Waals surface area contributed by atoms with Gasteiger partial charge in [-0.3, -0.25) is 20.4 Å². The Labute approximate surface area is 188 Å². The van der Waals surface area contributed by atoms with Gasteiger partial charge in [-0.1, -0.05) is 0 Å². The first-order chi connectivity index (χ1) is 15.6. The number of aliphatic hydroxyl groups is 1. The van der Waals surface area contributed by atoms with Gasteiger partial charge in [-0.25, -0.2) is 9.67 Å². The van der Waals surface area contributed by atoms with E-state index in [0.29, 0.717) is 12.1 Å². The van der Waals surface area contributed by atoms with Gasteiger partial charge in [0, 0.05) is 23.4 Å². The van der Waals surface area contributed by atoms with Crippen LogP contribution in [0.15, 0.2) is 30.6 Å². The van der Waals surface area contributed by atoms with Crippen molar-refractivity contribution in [1.82, 2.24) is 30.9 Å². The molecule has 2 amide bonds. The van der Waals surface area contributed by atoms with E-state index in [4.69, 9.17) is 5.11 Å². The van der Waals surface area contributed by atoms with E-state index < -0.39 is 52.2 Å². The molecule has 0 atom stereocenters. The minimum absolute atomic E-state index is 0.0145. The standard InChI is InChI=1S/C19H20F6N6O3/c1-17(2,9-32)27-8-15(34)29-28-14(33)3-4-31-10-26-16(30-31)11-5-12(18(20,21)22)7-13(6-11)19(23,24)25/h3-7,10,27,32H,8-9H2,1-2H3,(H,28,33)(H,29,34)/b4-3-. The Bertz CT molecular complexity index is 1030. The van der Waals surface area contributed by atoms with Crippen molar-refractivity contribution >= 4 is 18.0 Å². The Morgan fingerprint density at radius 3 is 2.15 bits per heavy atom. The minimum Gasteiger partial charge on any atom is -0.394 e. The topological polar surface area (TPSA) is 121 Å². The highest BCUT2D eigenvalue weighted by Gasteiger charge is 2.37. The maximum absolute atomic E-state index is 13.0. The molecule has 0 aliphatic carbocycles. The smallest absolute Gasteiger partial charge is 0.394 e. The van der Waals surface area contributed by atoms with Crippen LogP contribution in [0.1, 0.15) is 25.0 Å². The number of amides is 2. The highest BCUT2D eigenvalue weighted by Crippen LogP contribution is 2.38. The molecule has 0 bridgehead atoms. The number of aliphatic hydroxyl groups excluding tert-OH is 1. The largest absolute Gasteiger partial charge is 0.416 e. The molecule has 9 nitrogen and oxygen atoms in total. The molecule has 4 N–H and O–H groups in total. The molecule has 0 spiro atoms. The fraction of sp³-hybridized carbons (Fsp3) is 0.368. The lowest BCUT2D eigenvalue weighted by atomic mass is 10.0. The summed E-state index contributed by atoms with van der Waals surface area (Å²) in [5, 5.41) is 15.6. The lowest BCUT2D eigenvalue weighted by molar-refractivity contribution is -0.143. The third kappa shape index (κ3) is 7.84. The molecular formula is C19H20F6N6O3. The Kier molecular flexibility index (Phi) is 8.05. The summed E-state index contributed by atoms with van der Waals surface area (Å²) in [5.41, 5.74) is -0.125. The molecule has 15 heteroatoms. The molecule has 0 saturated heterocycles. The number of nitrogens with one attached hydrogen (secondary N) is 3. The van der Waals surface area contributed by atoms with E-state index in [-0.39, 0.29) is 19.2 Å². The summed E-state index contributed by atoms with van der Waals surface area (Å²) < 4.78 is 78.9. The molecule has 0 aliphatic rings. The van der Waals surface area contributed by atoms with Gasteiger partial charge in [0.15, 0.2) is 5.82 Å². The van der Waals surface area contributed by atoms with Crippen LogP contribution in [0.5, 0.6) is 0 Å². The number of hydrogen-bond donors (Lipinski definition) is 4. The quantitative estimate of drug-likeness (QED) is 0.265. The number of hydrazine groups is 1. The van der Waals surface area contributed by atoms with E-state index in [1.54, 1.807) is 13.8 Å². The van der Waals surface area contributed by atoms with Crippen molar-refractivity contribution in [2.75, 3.05) is 13.2 Å². The number of aromatic nitrogens is 3. The monoisotopic (exact) mass is 494 g/mol. The van der Waals surface area contributed by atoms with Gasteiger partial charge in [0.05, 0.1) is 24.3 Å². The molecule has 1 heterocycles. The zero-order valence-electron chi connectivity index (χ0n) is 17.8. The van der Waals surface area contributed by atoms with Crippen LogP contribution in [0.4, 0.5) is 26.3 Å². The second-order valence-electron chi connectivity index (χ2n) is 7.59. The molecule has 0 saturated carbocycles. The van der Waals surface area contributed by atoms with Gasteiger partial charge in [0.2, 0.25) is 0 Å². The average Bonchev–Trinajstić information content (AvgIpc) is 3.22. The predicted molar refractivity (Wildman–Crippen MR) is 106 cm³/mol. The number of rotatable bonds is 7. The van der Waals surface area contributed by atoms with E-state index in [0.717, 1.165) is 23.3 Å². The molecule has 0 unspecified atom stereocenters. The van der Waals surface area contributed by atoms with E-state index in [1.165, 1.54) is 0 Å². The van der Waals surface area contributed by atoms with Crippen molar-refractivity contribution in [3.05, 3.63) is 41.7 Å². The molecule has 0 aliphatic heterocycles. The zero-order chi connectivity index (χ0) is 25.7. The summed E-state index contributed by atoms with van der Waals surface area (Å²) in [7, 11) is 0. The van der Waals surface area contributed by atoms with Gasteiger partial charge in [0.25, 0.3) is 11.8 Å². The van der Waals surface area contributed by atoms with Crippen molar-refractivity contribution in [1.29, 1.82) is 0 Å². The van der Waals surface area contributed by atoms with Gasteiger partial charge in [-0.05, 0) is 32.0 Å². The fourth-order valence-electron chi connectivity index (χ4n) is 2.30. The zero-order valence-corrected chi connectivity index (χ0v) is 17.8. The molecule has 1 aromatic carbocycles. The number of benzene rings is 1. The predicted octanol–water partition coefficient (Wildman–Crippen LogP) is 1.96. The SMILES string of the molecule is CC(C)(CO)NCC(=O)NNC(=O)/C=C\n1cnc(-c2cc(C(F)(F)F)cc(C(F)(F)F)c2)n1. The van der Waals surface area contributed by atoms with Crippen LogP contribution in [0.25, 0.3) is 17.6 Å². The molecular weight excluding hydrogens is 474 g/mol. The van der Waals surface area contributed by atoms with Crippen molar-refractivity contribution in [2.24, 2.45) is 0 Å². The normalized spacial score (nSPS) is 12.7. The highest BCUT2D eigenvalue weighted by atomic mass is 19.4. The third-order valence-electron chi connectivity index (χ3n) is 4.18. The van der Waals surface area contributed by atoms with Crippen LogP contribution in [-0.4, -0.2) is 50.4 Å². The van der Waals surface area contributed by atoms with Crippen molar-refractivity contribution in [3.8, 4) is 11.4 Å². The summed E-state index contributed by atoms with van der Waals surface area (Å²) in [6, 6.07) is 0.944. The summed E-state index contributed by atoms with van der Waals surface area (Å²) in [6.45, 7) is 2.86. The Morgan fingerprint density at radius 2 is 1.62 bits per heavy atom. The molecule has 0 fully saturated rings. The highest BCUT2D eigenvalue weighted by molar-refractivity contribution is 5.91. The first kappa shape index (κ1) is 26.8. The Hall–Kier alpha value is -3.46. The van der Waals surface area contributed by atoms with Gasteiger partial charge >= 0.3 is 12.4 Å². The molecule has 0 radical (unpaired) electrons. The Balaban J connectivity index is 2.07. The molecule has 186 valence electrons. The van der Waals surface area contributed by atoms with Crippen LogP contribution in [0.2, 0.25) is 0 Å². The number of hydrogen-bond acceptors (Lipinski definition) is 6. The molecule has 34 heavy (non-hydrogen) atoms. The summed E-state index contributed by atoms with van der Waals surface area (Å²) >= 11 is 0. The van der Waals surface area contributed by atoms with Gasteiger partial charge in [-0.15, -0.1) is 5.10 Å². The lowest BCUT2D eigenvalue weighted by Gasteiger charge is -2.22. The average molecular weight is 494 g/mol. The van der Waals surface area contributed by atoms with Crippen LogP contribution >= 0.6 is 0 Å². The summed E-state index contributed by atoms with van der Waals surface area (Å²) in [6.07, 6.45) is -7.18. The third-order valence-corrected chi connectivity index (χ3v) is 4.18. The molecule has 2 aromatic rings. The number of alkyl halides is 6. The Morgan fingerprint density at radius 1 is 1.03 bits per heavy atom. The van der Waals surface area contributed by atoms with Crippen LogP contribution in [0.3, 0.4) is 0 Å². The second kappa shape index (κ2) is 10.2. The van der Waals surface area contributed by atoms with Gasteiger partial charge in [-0.2, -0.15) is 26.3 Å². The fourth-order valence-corrected chi connectivity index (χ4v) is 2.30. The van der Waals surface area contributed by atoms with Crippen LogP contribution in [0, 0.1) is 0 Å². The number of carbonyl (C=O) groups excluding carboxylic acids is 2. The minimum atomic E-state index is -5.02. The van der Waals surface area contributed by atoms with E-state index in [2.05, 4.69) is 26.3 Å². The van der Waals surface area contributed by atoms with Gasteiger partial charge in [0.1, 0.15) is 6.33 Å². The maximum Gasteiger partial charge on any atom is 0.416 e. The van der Waals surface area contributed by atoms with Gasteiger partial charge < -0.3 is 10.4 Å². The molecule has 2 rings (SSSR count). The summed E-state index contributed by atoms with van der Waals surface area (Å²) in [5.74, 6) is -1.87. The number of carbonyl (C=O) groups is 2. The van der Waals surface area contributed by atoms with E-state index >= 15 is 0 Å². The van der Waals surface area contributed by atoms with Crippen molar-refractivity contribution in [3.63, 3.8) is 0 Å². The first-order valence-electron chi connectivity index (χ1n) is 9.44. The maximum atomic E-state index is 13.0. The molecule has 1 aromatic heterocycles. The first-order valence-corrected chi connectivity index (χ1v) is 9.44. The van der Waals surface area contributed by atoms with Crippen LogP contribution in [-0.2, 0) is 21.9 Å². The van der Waals surface area contributed by atoms with Crippen molar-refractivity contribution < 1.29 is 41.0 Å². The summed E-state index contributed by atoms with van der Waals surface area (Å²) in [4.78, 5) is 27.1.